The number of nitrogens with zero attached hydrogens (tertiary/aromatic N) is 4. The van der Waals surface area contributed by atoms with E-state index in [0.29, 0.717) is 22.9 Å². The van der Waals surface area contributed by atoms with Crippen molar-refractivity contribution in [2.75, 3.05) is 50.1 Å². The van der Waals surface area contributed by atoms with Crippen LogP contribution in [0.5, 0.6) is 0 Å². The number of fused-ring (bicyclic) bond motifs is 2. The molecule has 2 aromatic carbocycles. The Morgan fingerprint density at radius 1 is 0.635 bits per heavy atom. The Hall–Kier alpha value is -4.22. The van der Waals surface area contributed by atoms with Crippen molar-refractivity contribution in [3.8, 4) is 33.6 Å². The highest BCUT2D eigenvalue weighted by Gasteiger charge is 2.30. The summed E-state index contributed by atoms with van der Waals surface area (Å²) >= 11 is 14.5. The normalized spacial score (nSPS) is 22.6. The van der Waals surface area contributed by atoms with E-state index in [1.807, 2.05) is 48.5 Å². The summed E-state index contributed by atoms with van der Waals surface area (Å²) in [6, 6.07) is 21.1. The van der Waals surface area contributed by atoms with Gasteiger partial charge in [-0.1, -0.05) is 71.7 Å². The van der Waals surface area contributed by atoms with Crippen LogP contribution in [0.25, 0.3) is 33.6 Å². The van der Waals surface area contributed by atoms with Crippen LogP contribution in [0.15, 0.2) is 60.7 Å². The Morgan fingerprint density at radius 3 is 1.46 bits per heavy atom. The summed E-state index contributed by atoms with van der Waals surface area (Å²) in [6.07, 6.45) is 4.86. The highest BCUT2D eigenvalue weighted by Crippen LogP contribution is 2.44. The number of hydrogen-bond donors (Lipinski definition) is 4. The molecule has 12 heteroatoms. The molecule has 4 aromatic rings. The van der Waals surface area contributed by atoms with Crippen LogP contribution in [0.3, 0.4) is 0 Å². The molecular weight excluding hydrogens is 695 g/mol. The predicted octanol–water partition coefficient (Wildman–Crippen LogP) is 6.28. The van der Waals surface area contributed by atoms with Crippen LogP contribution in [-0.2, 0) is 9.59 Å². The summed E-state index contributed by atoms with van der Waals surface area (Å²) in [5.74, 6) is 2.13. The number of anilines is 2. The van der Waals surface area contributed by atoms with Crippen molar-refractivity contribution in [1.82, 2.24) is 31.2 Å². The van der Waals surface area contributed by atoms with Crippen LogP contribution in [-0.4, -0.2) is 74.1 Å². The second-order valence-corrected chi connectivity index (χ2v) is 15.3. The summed E-state index contributed by atoms with van der Waals surface area (Å²) in [6.45, 7) is 3.23. The number of benzene rings is 2. The lowest BCUT2D eigenvalue weighted by Crippen LogP contribution is -2.40. The van der Waals surface area contributed by atoms with Gasteiger partial charge in [-0.05, 0) is 37.8 Å². The number of aromatic nitrogens is 2. The lowest BCUT2D eigenvalue weighted by atomic mass is 9.95. The number of halogens is 2. The molecule has 2 amide bonds. The van der Waals surface area contributed by atoms with Crippen molar-refractivity contribution in [3.63, 3.8) is 0 Å². The number of hydrogen-bond acceptors (Lipinski definition) is 8. The molecule has 52 heavy (non-hydrogen) atoms. The molecule has 4 atom stereocenters. The number of nitrogens with one attached hydrogen (secondary N) is 4. The Bertz CT molecular complexity index is 1880. The van der Waals surface area contributed by atoms with Crippen molar-refractivity contribution in [1.29, 1.82) is 0 Å². The van der Waals surface area contributed by atoms with Gasteiger partial charge in [-0.3, -0.25) is 9.59 Å². The third-order valence-corrected chi connectivity index (χ3v) is 11.8. The Kier molecular flexibility index (Phi) is 9.82. The zero-order valence-electron chi connectivity index (χ0n) is 29.5. The third kappa shape index (κ3) is 6.85. The van der Waals surface area contributed by atoms with Gasteiger partial charge in [0.25, 0.3) is 0 Å². The second kappa shape index (κ2) is 14.7. The van der Waals surface area contributed by atoms with E-state index < -0.39 is 0 Å². The van der Waals surface area contributed by atoms with E-state index in [1.165, 1.54) is 0 Å². The van der Waals surface area contributed by atoms with E-state index >= 15 is 0 Å². The van der Waals surface area contributed by atoms with Crippen molar-refractivity contribution in [2.24, 2.45) is 0 Å². The molecule has 8 rings (SSSR count). The molecule has 0 unspecified atom stereocenters. The lowest BCUT2D eigenvalue weighted by Gasteiger charge is -2.33. The predicted molar refractivity (Wildman–Crippen MR) is 208 cm³/mol. The molecule has 4 N–H and O–H groups in total. The van der Waals surface area contributed by atoms with Crippen LogP contribution >= 0.6 is 23.2 Å². The van der Waals surface area contributed by atoms with Gasteiger partial charge in [0.1, 0.15) is 11.6 Å². The molecule has 0 bridgehead atoms. The average Bonchev–Trinajstić information content (AvgIpc) is 3.78. The van der Waals surface area contributed by atoms with Gasteiger partial charge >= 0.3 is 0 Å². The van der Waals surface area contributed by atoms with E-state index in [0.717, 1.165) is 108 Å². The topological polar surface area (TPSA) is 115 Å². The molecule has 0 aliphatic carbocycles. The lowest BCUT2D eigenvalue weighted by molar-refractivity contribution is -0.120. The zero-order valence-corrected chi connectivity index (χ0v) is 31.0. The number of carbonyl (C=O) groups is 2. The molecule has 4 aliphatic rings. The van der Waals surface area contributed by atoms with Crippen LogP contribution in [0, 0.1) is 0 Å². The van der Waals surface area contributed by atoms with Gasteiger partial charge in [0.15, 0.2) is 0 Å². The minimum Gasteiger partial charge on any atom is -0.359 e. The average molecular weight is 740 g/mol. The Labute approximate surface area is 314 Å². The molecule has 10 nitrogen and oxygen atoms in total. The fraction of sp³-hybridized carbons (Fsp3) is 0.400. The van der Waals surface area contributed by atoms with E-state index in [2.05, 4.69) is 57.3 Å². The maximum absolute atomic E-state index is 11.7. The van der Waals surface area contributed by atoms with Crippen LogP contribution < -0.4 is 31.1 Å². The van der Waals surface area contributed by atoms with Gasteiger partial charge in [0.05, 0.1) is 21.4 Å². The molecule has 6 heterocycles. The largest absolute Gasteiger partial charge is 0.359 e. The quantitative estimate of drug-likeness (QED) is 0.159. The first-order valence-corrected chi connectivity index (χ1v) is 19.1. The SMILES string of the molecule is CN1CC[C@H](NC[C@H]2CCC(=O)N2)c2ccc(-c3cccc(-c4cccc(-c5ccc6c(n5)N(C)CC[C@@H]6NC[C@@H]5CCC(=O)N5)c4Cl)c3Cl)nc21. The Morgan fingerprint density at radius 2 is 1.06 bits per heavy atom. The molecule has 2 aromatic heterocycles. The minimum atomic E-state index is 0.132. The van der Waals surface area contributed by atoms with Crippen LogP contribution in [0.2, 0.25) is 10.0 Å². The molecule has 0 spiro atoms. The van der Waals surface area contributed by atoms with Gasteiger partial charge in [-0.25, -0.2) is 9.97 Å². The second-order valence-electron chi connectivity index (χ2n) is 14.5. The highest BCUT2D eigenvalue weighted by molar-refractivity contribution is 6.39. The highest BCUT2D eigenvalue weighted by atomic mass is 35.5. The maximum atomic E-state index is 11.7. The van der Waals surface area contributed by atoms with E-state index in [1.54, 1.807) is 0 Å². The van der Waals surface area contributed by atoms with Crippen molar-refractivity contribution >= 4 is 46.7 Å². The maximum Gasteiger partial charge on any atom is 0.220 e. The summed E-state index contributed by atoms with van der Waals surface area (Å²) in [7, 11) is 4.15. The van der Waals surface area contributed by atoms with Crippen molar-refractivity contribution in [2.45, 2.75) is 62.7 Å². The van der Waals surface area contributed by atoms with Gasteiger partial charge in [-0.2, -0.15) is 0 Å². The van der Waals surface area contributed by atoms with Crippen LogP contribution in [0.4, 0.5) is 11.6 Å². The number of carbonyl (C=O) groups excluding carboxylic acids is 2. The Balaban J connectivity index is 1.05. The molecule has 2 saturated heterocycles. The first-order valence-electron chi connectivity index (χ1n) is 18.3. The molecule has 2 fully saturated rings. The van der Waals surface area contributed by atoms with E-state index in [4.69, 9.17) is 33.2 Å². The van der Waals surface area contributed by atoms with Crippen LogP contribution in [0.1, 0.15) is 61.7 Å². The third-order valence-electron chi connectivity index (χ3n) is 11.0. The molecule has 270 valence electrons. The van der Waals surface area contributed by atoms with Gasteiger partial charge in [0, 0.05) is 111 Å². The summed E-state index contributed by atoms with van der Waals surface area (Å²) in [5.41, 5.74) is 7.23. The van der Waals surface area contributed by atoms with E-state index in [9.17, 15) is 9.59 Å². The number of amides is 2. The standard InChI is InChI=1S/C40H44Cl2N8O2/c1-49-19-17-31(43-21-23-9-15-35(51)45-23)29-11-13-33(47-39(29)49)27-7-3-5-25(37(27)41)26-6-4-8-28(38(26)42)34-14-12-30-32(18-20-50(2)40(30)48-34)44-22-24-10-16-36(52)46-24/h3-8,11-14,23-24,31-32,43-44H,9-10,15-22H2,1-2H3,(H,45,51)(H,46,52)/t23-,24+,31-,32-/m0/s1. The van der Waals surface area contributed by atoms with Crippen molar-refractivity contribution in [3.05, 3.63) is 81.8 Å². The van der Waals surface area contributed by atoms with Crippen molar-refractivity contribution < 1.29 is 9.59 Å². The van der Waals surface area contributed by atoms with E-state index in [-0.39, 0.29) is 36.0 Å². The fourth-order valence-corrected chi connectivity index (χ4v) is 8.72. The smallest absolute Gasteiger partial charge is 0.220 e. The first-order chi connectivity index (χ1) is 25.2. The molecule has 4 aliphatic heterocycles. The molecular formula is C40H44Cl2N8O2. The van der Waals surface area contributed by atoms with Gasteiger partial charge in [0.2, 0.25) is 11.8 Å². The summed E-state index contributed by atoms with van der Waals surface area (Å²) in [5, 5.41) is 14.7. The molecule has 0 radical (unpaired) electrons. The number of rotatable bonds is 9. The van der Waals surface area contributed by atoms with Gasteiger partial charge < -0.3 is 31.1 Å². The monoisotopic (exact) mass is 738 g/mol. The number of pyridine rings is 2. The first kappa shape index (κ1) is 34.8. The zero-order chi connectivity index (χ0) is 35.9. The summed E-state index contributed by atoms with van der Waals surface area (Å²) < 4.78 is 0. The minimum absolute atomic E-state index is 0.132. The summed E-state index contributed by atoms with van der Waals surface area (Å²) in [4.78, 5) is 38.1. The van der Waals surface area contributed by atoms with Gasteiger partial charge in [-0.15, -0.1) is 0 Å². The molecule has 0 saturated carbocycles. The fourth-order valence-electron chi connectivity index (χ4n) is 8.07.